The molecule has 3 rings (SSSR count). The molecule has 6 unspecified atom stereocenters. The highest BCUT2D eigenvalue weighted by molar-refractivity contribution is 5.36. The Hall–Kier alpha value is -0.0400. The number of hydrogen-bond donors (Lipinski definition) is 1. The van der Waals surface area contributed by atoms with E-state index in [4.69, 9.17) is 5.73 Å². The third-order valence-corrected chi connectivity index (χ3v) is 4.55. The summed E-state index contributed by atoms with van der Waals surface area (Å²) in [7, 11) is 0. The van der Waals surface area contributed by atoms with Crippen molar-refractivity contribution >= 4 is 0 Å². The molecule has 1 nitrogen and oxygen atoms in total. The molecular weight excluding hydrogens is 110 g/mol. The summed E-state index contributed by atoms with van der Waals surface area (Å²) in [6.07, 6.45) is 0. The molecule has 9 heavy (non-hydrogen) atoms. The molecule has 0 radical (unpaired) electrons. The van der Waals surface area contributed by atoms with Gasteiger partial charge in [-0.2, -0.15) is 0 Å². The van der Waals surface area contributed by atoms with E-state index in [-0.39, 0.29) is 0 Å². The Morgan fingerprint density at radius 3 is 2.11 bits per heavy atom. The van der Waals surface area contributed by atoms with E-state index >= 15 is 0 Å². The van der Waals surface area contributed by atoms with Gasteiger partial charge in [-0.3, -0.25) is 0 Å². The van der Waals surface area contributed by atoms with E-state index in [1.165, 1.54) is 0 Å². The fourth-order valence-corrected chi connectivity index (χ4v) is 3.79. The molecule has 0 aliphatic heterocycles. The molecule has 0 saturated heterocycles. The van der Waals surface area contributed by atoms with Crippen LogP contribution in [-0.2, 0) is 0 Å². The van der Waals surface area contributed by atoms with Gasteiger partial charge < -0.3 is 5.73 Å². The fourth-order valence-electron chi connectivity index (χ4n) is 3.79. The van der Waals surface area contributed by atoms with Gasteiger partial charge in [0.2, 0.25) is 0 Å². The Bertz CT molecular complexity index is 173. The minimum atomic E-state index is 0.593. The van der Waals surface area contributed by atoms with Gasteiger partial charge in [0.1, 0.15) is 0 Å². The highest BCUT2D eigenvalue weighted by Crippen LogP contribution is 2.87. The first kappa shape index (κ1) is 4.73. The lowest BCUT2D eigenvalue weighted by Gasteiger charge is -2.42. The van der Waals surface area contributed by atoms with Gasteiger partial charge in [-0.05, 0) is 29.1 Å². The minimum absolute atomic E-state index is 0.593. The van der Waals surface area contributed by atoms with Gasteiger partial charge in [0.05, 0.1) is 0 Å². The van der Waals surface area contributed by atoms with Crippen LogP contribution in [-0.4, -0.2) is 6.04 Å². The molecule has 0 bridgehead atoms. The topological polar surface area (TPSA) is 26.0 Å². The monoisotopic (exact) mass is 123 g/mol. The highest BCUT2D eigenvalue weighted by atomic mass is 15.0. The van der Waals surface area contributed by atoms with Gasteiger partial charge >= 0.3 is 0 Å². The molecule has 0 aromatic carbocycles. The van der Waals surface area contributed by atoms with Crippen molar-refractivity contribution in [2.75, 3.05) is 0 Å². The summed E-state index contributed by atoms with van der Waals surface area (Å²) in [6.45, 7) is 4.78. The maximum atomic E-state index is 5.92. The molecule has 3 aliphatic carbocycles. The number of rotatable bonds is 0. The van der Waals surface area contributed by atoms with Crippen LogP contribution in [0.15, 0.2) is 0 Å². The van der Waals surface area contributed by atoms with Crippen molar-refractivity contribution in [1.82, 2.24) is 0 Å². The average Bonchev–Trinajstić information content (AvgIpc) is 2.18. The molecule has 6 atom stereocenters. The Kier molecular flexibility index (Phi) is 0.461. The largest absolute Gasteiger partial charge is 0.327 e. The highest BCUT2D eigenvalue weighted by Gasteiger charge is 2.87. The van der Waals surface area contributed by atoms with E-state index in [1.54, 1.807) is 0 Å². The van der Waals surface area contributed by atoms with Gasteiger partial charge in [-0.1, -0.05) is 13.8 Å². The summed E-state index contributed by atoms with van der Waals surface area (Å²) in [6, 6.07) is 0.593. The van der Waals surface area contributed by atoms with E-state index in [0.29, 0.717) is 6.04 Å². The number of hydrogen-bond acceptors (Lipinski definition) is 1. The first-order chi connectivity index (χ1) is 4.19. The van der Waals surface area contributed by atoms with Crippen LogP contribution in [0, 0.1) is 29.1 Å². The van der Waals surface area contributed by atoms with Gasteiger partial charge in [-0.15, -0.1) is 0 Å². The summed E-state index contributed by atoms with van der Waals surface area (Å²) in [4.78, 5) is 0. The van der Waals surface area contributed by atoms with E-state index in [1.807, 2.05) is 0 Å². The Labute approximate surface area is 55.6 Å². The van der Waals surface area contributed by atoms with Crippen molar-refractivity contribution < 1.29 is 0 Å². The predicted molar refractivity (Wildman–Crippen MR) is 35.7 cm³/mol. The summed E-state index contributed by atoms with van der Waals surface area (Å²) in [5.74, 6) is 3.89. The second-order valence-electron chi connectivity index (χ2n) is 4.36. The molecule has 2 N–H and O–H groups in total. The molecule has 0 aromatic rings. The van der Waals surface area contributed by atoms with Crippen LogP contribution in [0.4, 0.5) is 0 Å². The zero-order valence-corrected chi connectivity index (χ0v) is 5.96. The zero-order valence-electron chi connectivity index (χ0n) is 5.96. The normalized spacial score (nSPS) is 82.3. The molecule has 1 heteroatoms. The Morgan fingerprint density at radius 1 is 1.33 bits per heavy atom. The smallest absolute Gasteiger partial charge is 0.0110 e. The minimum Gasteiger partial charge on any atom is -0.327 e. The van der Waals surface area contributed by atoms with Crippen molar-refractivity contribution in [1.29, 1.82) is 0 Å². The van der Waals surface area contributed by atoms with Crippen LogP contribution in [0.25, 0.3) is 0 Å². The Morgan fingerprint density at radius 2 is 2.00 bits per heavy atom. The Balaban J connectivity index is 2.04. The second kappa shape index (κ2) is 0.878. The first-order valence-corrected chi connectivity index (χ1v) is 3.94. The van der Waals surface area contributed by atoms with Crippen LogP contribution in [0.3, 0.4) is 0 Å². The second-order valence-corrected chi connectivity index (χ2v) is 4.36. The summed E-state index contributed by atoms with van der Waals surface area (Å²) < 4.78 is 0. The average molecular weight is 123 g/mol. The summed E-state index contributed by atoms with van der Waals surface area (Å²) in [5, 5.41) is 0. The SMILES string of the molecule is CC1C2C(N)C3C2C13C. The maximum absolute atomic E-state index is 5.92. The molecule has 50 valence electrons. The van der Waals surface area contributed by atoms with Gasteiger partial charge in [0, 0.05) is 6.04 Å². The van der Waals surface area contributed by atoms with Crippen LogP contribution in [0.5, 0.6) is 0 Å². The van der Waals surface area contributed by atoms with Crippen molar-refractivity contribution in [3.8, 4) is 0 Å². The van der Waals surface area contributed by atoms with Crippen LogP contribution < -0.4 is 5.73 Å². The van der Waals surface area contributed by atoms with Crippen LogP contribution in [0.1, 0.15) is 13.8 Å². The molecule has 0 amide bonds. The molecule has 0 aromatic heterocycles. The fraction of sp³-hybridized carbons (Fsp3) is 1.00. The third kappa shape index (κ3) is 0.219. The lowest BCUT2D eigenvalue weighted by Crippen LogP contribution is -2.47. The predicted octanol–water partition coefficient (Wildman–Crippen LogP) is 0.846. The maximum Gasteiger partial charge on any atom is 0.0110 e. The van der Waals surface area contributed by atoms with E-state index < -0.39 is 0 Å². The first-order valence-electron chi connectivity index (χ1n) is 3.94. The quantitative estimate of drug-likeness (QED) is 0.507. The van der Waals surface area contributed by atoms with Crippen molar-refractivity contribution in [3.63, 3.8) is 0 Å². The summed E-state index contributed by atoms with van der Waals surface area (Å²) >= 11 is 0. The van der Waals surface area contributed by atoms with Gasteiger partial charge in [0.25, 0.3) is 0 Å². The van der Waals surface area contributed by atoms with E-state index in [9.17, 15) is 0 Å². The van der Waals surface area contributed by atoms with Gasteiger partial charge in [0.15, 0.2) is 0 Å². The molecule has 3 saturated carbocycles. The van der Waals surface area contributed by atoms with Gasteiger partial charge in [-0.25, -0.2) is 0 Å². The lowest BCUT2D eigenvalue weighted by molar-refractivity contribution is 0.0739. The van der Waals surface area contributed by atoms with Crippen molar-refractivity contribution in [2.45, 2.75) is 19.9 Å². The van der Waals surface area contributed by atoms with Crippen molar-refractivity contribution in [3.05, 3.63) is 0 Å². The summed E-state index contributed by atoms with van der Waals surface area (Å²) in [5.41, 5.74) is 6.65. The standard InChI is InChI=1S/C8H13N/c1-3-4-5-6(7(4)9)8(3,5)2/h3-7H,9H2,1-2H3. The van der Waals surface area contributed by atoms with E-state index in [2.05, 4.69) is 13.8 Å². The molecule has 0 heterocycles. The van der Waals surface area contributed by atoms with Crippen LogP contribution in [0.2, 0.25) is 0 Å². The van der Waals surface area contributed by atoms with Crippen LogP contribution >= 0.6 is 0 Å². The lowest BCUT2D eigenvalue weighted by atomic mass is 9.64. The van der Waals surface area contributed by atoms with Crippen molar-refractivity contribution in [2.24, 2.45) is 34.8 Å². The van der Waals surface area contributed by atoms with E-state index in [0.717, 1.165) is 29.1 Å². The molecular formula is C8H13N. The molecule has 0 spiro atoms. The number of fused-ring (bicyclic) bond motifs is 1. The molecule has 3 fully saturated rings. The molecule has 3 aliphatic rings. The number of nitrogens with two attached hydrogens (primary N) is 1. The third-order valence-electron chi connectivity index (χ3n) is 4.55. The zero-order chi connectivity index (χ0) is 6.39.